The lowest BCUT2D eigenvalue weighted by Crippen LogP contribution is -2.25. The Balaban J connectivity index is 2.39. The van der Waals surface area contributed by atoms with Gasteiger partial charge in [0.05, 0.1) is 11.2 Å². The summed E-state index contributed by atoms with van der Waals surface area (Å²) in [6, 6.07) is 3.47. The van der Waals surface area contributed by atoms with Gasteiger partial charge in [-0.15, -0.1) is 0 Å². The number of hydrogen-bond acceptors (Lipinski definition) is 5. The van der Waals surface area contributed by atoms with Gasteiger partial charge in [0.15, 0.2) is 0 Å². The second kappa shape index (κ2) is 5.87. The number of nitrogens with zero attached hydrogens (tertiary/aromatic N) is 1. The van der Waals surface area contributed by atoms with E-state index in [0.29, 0.717) is 5.76 Å². The Labute approximate surface area is 117 Å². The van der Waals surface area contributed by atoms with Crippen molar-refractivity contribution < 1.29 is 9.34 Å². The molecule has 21 heavy (non-hydrogen) atoms. The molecule has 108 valence electrons. The molecule has 2 N–H and O–H groups in total. The Morgan fingerprint density at radius 1 is 1.38 bits per heavy atom. The van der Waals surface area contributed by atoms with Crippen LogP contribution in [0, 0.1) is 10.1 Å². The topological polar surface area (TPSA) is 122 Å². The Bertz CT molecular complexity index is 824. The number of nitro groups is 1. The van der Waals surface area contributed by atoms with Crippen molar-refractivity contribution in [2.75, 3.05) is 0 Å². The van der Waals surface area contributed by atoms with Crippen molar-refractivity contribution in [1.29, 1.82) is 0 Å². The highest BCUT2D eigenvalue weighted by Crippen LogP contribution is 2.13. The summed E-state index contributed by atoms with van der Waals surface area (Å²) in [4.78, 5) is 36.7. The average molecular weight is 289 g/mol. The Hall–Kier alpha value is -3.16. The monoisotopic (exact) mass is 289 g/mol. The number of allylic oxidation sites excluding steroid dienone is 2. The molecular weight excluding hydrogens is 278 g/mol. The zero-order chi connectivity index (χ0) is 15.4. The van der Waals surface area contributed by atoms with Gasteiger partial charge in [-0.3, -0.25) is 19.9 Å². The van der Waals surface area contributed by atoms with Gasteiger partial charge in [-0.25, -0.2) is 4.79 Å². The van der Waals surface area contributed by atoms with Crippen LogP contribution in [0.15, 0.2) is 44.1 Å². The lowest BCUT2D eigenvalue weighted by molar-refractivity contribution is -0.386. The maximum atomic E-state index is 11.4. The zero-order valence-electron chi connectivity index (χ0n) is 11.0. The minimum absolute atomic E-state index is 0.166. The highest BCUT2D eigenvalue weighted by atomic mass is 16.6. The van der Waals surface area contributed by atoms with Gasteiger partial charge in [0.25, 0.3) is 0 Å². The van der Waals surface area contributed by atoms with E-state index in [4.69, 9.17) is 4.42 Å². The van der Waals surface area contributed by atoms with Crippen LogP contribution in [0.5, 0.6) is 0 Å². The summed E-state index contributed by atoms with van der Waals surface area (Å²) in [5, 5.41) is 10.9. The number of aromatic amines is 2. The van der Waals surface area contributed by atoms with Crippen LogP contribution < -0.4 is 11.2 Å². The Morgan fingerprint density at radius 2 is 2.14 bits per heavy atom. The lowest BCUT2D eigenvalue weighted by atomic mass is 10.2. The largest absolute Gasteiger partial charge is 0.465 e. The predicted octanol–water partition coefficient (Wildman–Crippen LogP) is 1.68. The van der Waals surface area contributed by atoms with Crippen molar-refractivity contribution in [3.63, 3.8) is 0 Å². The number of furan rings is 1. The van der Waals surface area contributed by atoms with E-state index in [0.717, 1.165) is 5.57 Å². The van der Waals surface area contributed by atoms with Gasteiger partial charge in [-0.05, 0) is 36.8 Å². The van der Waals surface area contributed by atoms with Crippen LogP contribution in [0.1, 0.15) is 18.4 Å². The van der Waals surface area contributed by atoms with Gasteiger partial charge >= 0.3 is 16.9 Å². The van der Waals surface area contributed by atoms with Gasteiger partial charge in [0.1, 0.15) is 11.5 Å². The number of hydrogen-bond donors (Lipinski definition) is 2. The fourth-order valence-electron chi connectivity index (χ4n) is 1.66. The van der Waals surface area contributed by atoms with Crippen molar-refractivity contribution in [3.05, 3.63) is 72.5 Å². The summed E-state index contributed by atoms with van der Waals surface area (Å²) in [6.45, 7) is 1.75. The molecule has 2 rings (SSSR count). The van der Waals surface area contributed by atoms with Crippen molar-refractivity contribution in [1.82, 2.24) is 9.97 Å². The van der Waals surface area contributed by atoms with Gasteiger partial charge in [-0.2, -0.15) is 0 Å². The van der Waals surface area contributed by atoms with Gasteiger partial charge in [0.2, 0.25) is 0 Å². The number of nitrogens with one attached hydrogen (secondary N) is 2. The van der Waals surface area contributed by atoms with Gasteiger partial charge < -0.3 is 9.40 Å². The third-order valence-electron chi connectivity index (χ3n) is 2.55. The van der Waals surface area contributed by atoms with Crippen LogP contribution >= 0.6 is 0 Å². The molecule has 2 aromatic rings. The van der Waals surface area contributed by atoms with E-state index >= 15 is 0 Å². The number of rotatable bonds is 4. The van der Waals surface area contributed by atoms with E-state index in [9.17, 15) is 19.7 Å². The molecule has 0 unspecified atom stereocenters. The first-order chi connectivity index (χ1) is 9.97. The van der Waals surface area contributed by atoms with Crippen LogP contribution in [0.2, 0.25) is 0 Å². The first-order valence-electron chi connectivity index (χ1n) is 5.88. The highest BCUT2D eigenvalue weighted by molar-refractivity contribution is 5.61. The van der Waals surface area contributed by atoms with Crippen molar-refractivity contribution in [2.24, 2.45) is 0 Å². The molecule has 0 amide bonds. The van der Waals surface area contributed by atoms with Crippen LogP contribution in [-0.2, 0) is 0 Å². The molecule has 2 heterocycles. The average Bonchev–Trinajstić information content (AvgIpc) is 2.87. The van der Waals surface area contributed by atoms with E-state index < -0.39 is 21.9 Å². The molecule has 0 spiro atoms. The molecule has 0 aliphatic rings. The SMILES string of the molecule is CC(/C=C/c1[nH]c(=O)[nH]c(=O)c1[N+](=O)[O-])=C\c1ccco1. The van der Waals surface area contributed by atoms with Crippen molar-refractivity contribution in [2.45, 2.75) is 6.92 Å². The summed E-state index contributed by atoms with van der Waals surface area (Å²) < 4.78 is 5.13. The highest BCUT2D eigenvalue weighted by Gasteiger charge is 2.18. The van der Waals surface area contributed by atoms with Crippen LogP contribution in [0.25, 0.3) is 12.2 Å². The molecule has 2 aromatic heterocycles. The van der Waals surface area contributed by atoms with Crippen LogP contribution in [0.4, 0.5) is 5.69 Å². The Kier molecular flexibility index (Phi) is 3.98. The third kappa shape index (κ3) is 3.44. The molecule has 0 aromatic carbocycles. The number of H-pyrrole nitrogens is 2. The number of aromatic nitrogens is 2. The third-order valence-corrected chi connectivity index (χ3v) is 2.55. The smallest absolute Gasteiger partial charge is 0.357 e. The molecule has 0 saturated carbocycles. The van der Waals surface area contributed by atoms with E-state index in [-0.39, 0.29) is 5.69 Å². The van der Waals surface area contributed by atoms with Crippen molar-refractivity contribution >= 4 is 17.8 Å². The Morgan fingerprint density at radius 3 is 2.76 bits per heavy atom. The molecular formula is C13H11N3O5. The van der Waals surface area contributed by atoms with E-state index in [1.165, 1.54) is 18.4 Å². The molecule has 0 radical (unpaired) electrons. The van der Waals surface area contributed by atoms with E-state index in [2.05, 4.69) is 4.98 Å². The summed E-state index contributed by atoms with van der Waals surface area (Å²) in [7, 11) is 0. The summed E-state index contributed by atoms with van der Waals surface area (Å²) in [6.07, 6.45) is 6.04. The minimum atomic E-state index is -1.05. The van der Waals surface area contributed by atoms with Crippen molar-refractivity contribution in [3.8, 4) is 0 Å². The second-order valence-electron chi connectivity index (χ2n) is 4.16. The maximum Gasteiger partial charge on any atom is 0.357 e. The van der Waals surface area contributed by atoms with E-state index in [1.807, 2.05) is 4.98 Å². The van der Waals surface area contributed by atoms with Gasteiger partial charge in [-0.1, -0.05) is 6.08 Å². The van der Waals surface area contributed by atoms with Gasteiger partial charge in [0, 0.05) is 0 Å². The fourth-order valence-corrected chi connectivity index (χ4v) is 1.66. The molecule has 0 saturated heterocycles. The summed E-state index contributed by atoms with van der Waals surface area (Å²) in [5.41, 5.74) is -2.01. The first kappa shape index (κ1) is 14.3. The lowest BCUT2D eigenvalue weighted by Gasteiger charge is -1.96. The first-order valence-corrected chi connectivity index (χ1v) is 5.88. The summed E-state index contributed by atoms with van der Waals surface area (Å²) >= 11 is 0. The molecule has 0 bridgehead atoms. The van der Waals surface area contributed by atoms with Crippen LogP contribution in [0.3, 0.4) is 0 Å². The summed E-state index contributed by atoms with van der Waals surface area (Å²) in [5.74, 6) is 0.617. The minimum Gasteiger partial charge on any atom is -0.465 e. The molecule has 0 aliphatic carbocycles. The molecule has 0 atom stereocenters. The predicted molar refractivity (Wildman–Crippen MR) is 75.7 cm³/mol. The standard InChI is InChI=1S/C13H11N3O5/c1-8(7-9-3-2-6-21-9)4-5-10-11(16(19)20)12(17)15-13(18)14-10/h2-7H,1H3,(H2,14,15,17,18)/b5-4+,8-7+. The second-order valence-corrected chi connectivity index (χ2v) is 4.16. The molecule has 8 nitrogen and oxygen atoms in total. The fraction of sp³-hybridized carbons (Fsp3) is 0.0769. The molecule has 0 fully saturated rings. The zero-order valence-corrected chi connectivity index (χ0v) is 11.0. The molecule has 8 heteroatoms. The molecule has 0 aliphatic heterocycles. The van der Waals surface area contributed by atoms with E-state index in [1.54, 1.807) is 25.1 Å². The normalized spacial score (nSPS) is 12.0. The quantitative estimate of drug-likeness (QED) is 0.503. The van der Waals surface area contributed by atoms with Crippen LogP contribution in [-0.4, -0.2) is 14.9 Å². The maximum absolute atomic E-state index is 11.4.